The molecule has 5 aromatic heterocycles. The van der Waals surface area contributed by atoms with Gasteiger partial charge in [-0.25, -0.2) is 19.2 Å². The third-order valence-electron chi connectivity index (χ3n) is 7.45. The second-order valence-electron chi connectivity index (χ2n) is 9.91. The number of nitrogens with zero attached hydrogens (tertiary/aromatic N) is 9. The summed E-state index contributed by atoms with van der Waals surface area (Å²) in [4.78, 5) is 34.0. The topological polar surface area (TPSA) is 157 Å². The molecule has 0 radical (unpaired) electrons. The van der Waals surface area contributed by atoms with Gasteiger partial charge in [0, 0.05) is 51.0 Å². The summed E-state index contributed by atoms with van der Waals surface area (Å²) in [7, 11) is 0. The molecule has 0 unspecified atom stereocenters. The van der Waals surface area contributed by atoms with E-state index in [1.165, 1.54) is 16.8 Å². The van der Waals surface area contributed by atoms with Crippen LogP contribution in [0.3, 0.4) is 0 Å². The number of carboxylic acids is 1. The molecule has 1 saturated heterocycles. The minimum Gasteiger partial charge on any atom is -0.477 e. The van der Waals surface area contributed by atoms with Crippen LogP contribution in [0.1, 0.15) is 10.5 Å². The minimum atomic E-state index is -1.08. The summed E-state index contributed by atoms with van der Waals surface area (Å²) in [5.41, 5.74) is 8.92. The van der Waals surface area contributed by atoms with Gasteiger partial charge in [0.15, 0.2) is 5.65 Å². The van der Waals surface area contributed by atoms with Crippen LogP contribution < -0.4 is 10.6 Å². The number of halogens is 1. The highest BCUT2D eigenvalue weighted by molar-refractivity contribution is 5.99. The highest BCUT2D eigenvalue weighted by Crippen LogP contribution is 2.28. The average Bonchev–Trinajstić information content (AvgIpc) is 3.77. The number of aromatic nitrogens is 7. The maximum Gasteiger partial charge on any atom is 0.352 e. The van der Waals surface area contributed by atoms with Crippen LogP contribution in [0, 0.1) is 5.82 Å². The number of piperazine rings is 1. The molecule has 13 nitrogen and oxygen atoms in total. The molecule has 0 atom stereocenters. The smallest absolute Gasteiger partial charge is 0.352 e. The predicted octanol–water partition coefficient (Wildman–Crippen LogP) is 3.04. The minimum absolute atomic E-state index is 0.0800. The Morgan fingerprint density at radius 3 is 2.60 bits per heavy atom. The van der Waals surface area contributed by atoms with Crippen molar-refractivity contribution in [1.29, 1.82) is 0 Å². The van der Waals surface area contributed by atoms with Crippen LogP contribution in [0.4, 0.5) is 16.0 Å². The van der Waals surface area contributed by atoms with E-state index in [9.17, 15) is 14.3 Å². The Morgan fingerprint density at radius 2 is 1.86 bits per heavy atom. The van der Waals surface area contributed by atoms with E-state index in [1.807, 2.05) is 11.0 Å². The number of hydrogen-bond donors (Lipinski definition) is 2. The second-order valence-corrected chi connectivity index (χ2v) is 9.91. The van der Waals surface area contributed by atoms with Gasteiger partial charge in [0.1, 0.15) is 29.1 Å². The zero-order valence-electron chi connectivity index (χ0n) is 22.3. The lowest BCUT2D eigenvalue weighted by Crippen LogP contribution is -2.47. The lowest BCUT2D eigenvalue weighted by Gasteiger charge is -2.36. The maximum absolute atomic E-state index is 14.7. The molecule has 0 aliphatic carbocycles. The standard InChI is InChI=1S/C28H25FN10O3/c29-19-5-4-17(26-32-7-14-42-26)15-21(19)37-11-8-36(9-12-37)10-13-38-22(27(40)41)16-18-24(38)34-28(30)39-25(18)33-23(35-39)20-3-1-2-6-31-20/h1-7,14-16H,8-13H2,(H2,30,34)(H,40,41). The molecule has 42 heavy (non-hydrogen) atoms. The molecule has 0 bridgehead atoms. The van der Waals surface area contributed by atoms with Crippen molar-refractivity contribution in [3.63, 3.8) is 0 Å². The number of nitrogen functional groups attached to an aromatic ring is 1. The van der Waals surface area contributed by atoms with Gasteiger partial charge in [0.05, 0.1) is 17.3 Å². The molecule has 212 valence electrons. The van der Waals surface area contributed by atoms with Crippen molar-refractivity contribution < 1.29 is 18.7 Å². The Kier molecular flexibility index (Phi) is 6.23. The van der Waals surface area contributed by atoms with Gasteiger partial charge in [-0.1, -0.05) is 6.07 Å². The van der Waals surface area contributed by atoms with Gasteiger partial charge < -0.3 is 24.7 Å². The van der Waals surface area contributed by atoms with Crippen molar-refractivity contribution in [1.82, 2.24) is 39.0 Å². The van der Waals surface area contributed by atoms with Gasteiger partial charge in [-0.05, 0) is 36.4 Å². The van der Waals surface area contributed by atoms with Crippen molar-refractivity contribution in [3.05, 3.63) is 72.6 Å². The van der Waals surface area contributed by atoms with E-state index in [1.54, 1.807) is 47.3 Å². The fourth-order valence-corrected chi connectivity index (χ4v) is 5.34. The molecular weight excluding hydrogens is 543 g/mol. The van der Waals surface area contributed by atoms with Crippen molar-refractivity contribution in [2.45, 2.75) is 6.54 Å². The van der Waals surface area contributed by atoms with Gasteiger partial charge in [0.2, 0.25) is 17.7 Å². The van der Waals surface area contributed by atoms with E-state index >= 15 is 0 Å². The number of anilines is 2. The normalized spacial score (nSPS) is 14.3. The molecule has 1 aliphatic rings. The largest absolute Gasteiger partial charge is 0.477 e. The molecule has 7 rings (SSSR count). The lowest BCUT2D eigenvalue weighted by atomic mass is 10.1. The Morgan fingerprint density at radius 1 is 1.00 bits per heavy atom. The van der Waals surface area contributed by atoms with Crippen LogP contribution in [0.15, 0.2) is 65.5 Å². The summed E-state index contributed by atoms with van der Waals surface area (Å²) in [6.45, 7) is 3.47. The fourth-order valence-electron chi connectivity index (χ4n) is 5.34. The van der Waals surface area contributed by atoms with Gasteiger partial charge >= 0.3 is 5.97 Å². The number of carbonyl (C=O) groups is 1. The Labute approximate surface area is 237 Å². The van der Waals surface area contributed by atoms with Crippen molar-refractivity contribution in [2.24, 2.45) is 0 Å². The monoisotopic (exact) mass is 568 g/mol. The zero-order valence-corrected chi connectivity index (χ0v) is 22.3. The molecule has 6 heterocycles. The van der Waals surface area contributed by atoms with E-state index in [-0.39, 0.29) is 17.5 Å². The van der Waals surface area contributed by atoms with Crippen molar-refractivity contribution in [3.8, 4) is 23.0 Å². The number of rotatable bonds is 7. The fraction of sp³-hybridized carbons (Fsp3) is 0.214. The van der Waals surface area contributed by atoms with Gasteiger partial charge in [-0.3, -0.25) is 9.88 Å². The molecule has 1 aromatic carbocycles. The van der Waals surface area contributed by atoms with Gasteiger partial charge in [0.25, 0.3) is 0 Å². The van der Waals surface area contributed by atoms with Crippen molar-refractivity contribution in [2.75, 3.05) is 43.4 Å². The third-order valence-corrected chi connectivity index (χ3v) is 7.45. The lowest BCUT2D eigenvalue weighted by molar-refractivity contribution is 0.0684. The first-order valence-electron chi connectivity index (χ1n) is 13.3. The Hall–Kier alpha value is -5.37. The van der Waals surface area contributed by atoms with E-state index < -0.39 is 5.97 Å². The number of nitrogens with two attached hydrogens (primary N) is 1. The Balaban J connectivity index is 1.11. The van der Waals surface area contributed by atoms with E-state index in [2.05, 4.69) is 29.9 Å². The van der Waals surface area contributed by atoms with Crippen LogP contribution in [0.25, 0.3) is 39.7 Å². The van der Waals surface area contributed by atoms with Crippen LogP contribution >= 0.6 is 0 Å². The number of carboxylic acid groups (broad SMARTS) is 1. The number of hydrogen-bond acceptors (Lipinski definition) is 10. The molecule has 1 fully saturated rings. The molecule has 14 heteroatoms. The first-order valence-corrected chi connectivity index (χ1v) is 13.3. The van der Waals surface area contributed by atoms with Crippen LogP contribution in [-0.2, 0) is 6.54 Å². The van der Waals surface area contributed by atoms with Crippen molar-refractivity contribution >= 4 is 34.3 Å². The summed E-state index contributed by atoms with van der Waals surface area (Å²) < 4.78 is 23.2. The van der Waals surface area contributed by atoms with Gasteiger partial charge in [-0.15, -0.1) is 5.10 Å². The van der Waals surface area contributed by atoms with E-state index in [0.29, 0.717) is 84.6 Å². The van der Waals surface area contributed by atoms with E-state index in [4.69, 9.17) is 10.2 Å². The SMILES string of the molecule is Nc1nc2c(cc(C(=O)O)n2CCN2CCN(c3cc(-c4ncco4)ccc3F)CC2)c2nc(-c3ccccn3)nn12. The van der Waals surface area contributed by atoms with Crippen LogP contribution in [-0.4, -0.2) is 82.8 Å². The molecule has 0 amide bonds. The quantitative estimate of drug-likeness (QED) is 0.292. The zero-order chi connectivity index (χ0) is 28.8. The number of benzene rings is 1. The summed E-state index contributed by atoms with van der Waals surface area (Å²) >= 11 is 0. The second kappa shape index (κ2) is 10.2. The highest BCUT2D eigenvalue weighted by atomic mass is 19.1. The number of pyridine rings is 1. The molecular formula is C28H25FN10O3. The summed E-state index contributed by atoms with van der Waals surface area (Å²) in [6, 6.07) is 11.8. The van der Waals surface area contributed by atoms with Gasteiger partial charge in [-0.2, -0.15) is 9.50 Å². The Bertz CT molecular complexity index is 1910. The number of fused-ring (bicyclic) bond motifs is 3. The maximum atomic E-state index is 14.7. The summed E-state index contributed by atoms with van der Waals surface area (Å²) in [5.74, 6) is -0.500. The molecule has 6 aromatic rings. The first kappa shape index (κ1) is 25.6. The molecule has 3 N–H and O–H groups in total. The number of aromatic carboxylic acids is 1. The third kappa shape index (κ3) is 4.47. The highest BCUT2D eigenvalue weighted by Gasteiger charge is 2.24. The molecule has 0 spiro atoms. The predicted molar refractivity (Wildman–Crippen MR) is 151 cm³/mol. The number of oxazole rings is 1. The van der Waals surface area contributed by atoms with Crippen LogP contribution in [0.2, 0.25) is 0 Å². The van der Waals surface area contributed by atoms with E-state index in [0.717, 1.165) is 0 Å². The summed E-state index contributed by atoms with van der Waals surface area (Å²) in [5, 5.41) is 15.0. The first-order chi connectivity index (χ1) is 20.5. The molecule has 0 saturated carbocycles. The molecule has 1 aliphatic heterocycles. The summed E-state index contributed by atoms with van der Waals surface area (Å²) in [6.07, 6.45) is 4.68. The average molecular weight is 569 g/mol. The van der Waals surface area contributed by atoms with Crippen LogP contribution in [0.5, 0.6) is 0 Å².